The van der Waals surface area contributed by atoms with Gasteiger partial charge >= 0.3 is 0 Å². The molecule has 0 aromatic carbocycles. The number of nitrogens with one attached hydrogen (secondary N) is 1. The predicted octanol–water partition coefficient (Wildman–Crippen LogP) is 4.00. The van der Waals surface area contributed by atoms with Gasteiger partial charge in [0.2, 0.25) is 0 Å². The van der Waals surface area contributed by atoms with Gasteiger partial charge in [-0.05, 0) is 37.6 Å². The normalized spacial score (nSPS) is 13.9. The van der Waals surface area contributed by atoms with E-state index in [9.17, 15) is 0 Å². The molecule has 0 bridgehead atoms. The van der Waals surface area contributed by atoms with Crippen molar-refractivity contribution in [3.8, 4) is 0 Å². The Morgan fingerprint density at radius 1 is 1.06 bits per heavy atom. The maximum atomic E-state index is 5.57. The topological polar surface area (TPSA) is 21.3 Å². The van der Waals surface area contributed by atoms with Gasteiger partial charge in [-0.25, -0.2) is 0 Å². The number of hydrogen-bond donors (Lipinski definition) is 1. The summed E-state index contributed by atoms with van der Waals surface area (Å²) >= 11 is 0. The van der Waals surface area contributed by atoms with Crippen LogP contribution >= 0.6 is 0 Å². The quantitative estimate of drug-likeness (QED) is 0.586. The molecule has 2 nitrogen and oxygen atoms in total. The van der Waals surface area contributed by atoms with Crippen LogP contribution in [0.4, 0.5) is 0 Å². The molecule has 0 aliphatic carbocycles. The minimum Gasteiger partial charge on any atom is -0.381 e. The van der Waals surface area contributed by atoms with Crippen molar-refractivity contribution < 1.29 is 4.74 Å². The second-order valence-electron chi connectivity index (χ2n) is 6.11. The summed E-state index contributed by atoms with van der Waals surface area (Å²) in [7, 11) is 0. The molecular formula is C15H33NO. The summed E-state index contributed by atoms with van der Waals surface area (Å²) in [6.45, 7) is 14.2. The fourth-order valence-corrected chi connectivity index (χ4v) is 1.99. The highest BCUT2D eigenvalue weighted by molar-refractivity contribution is 4.69. The molecular weight excluding hydrogens is 210 g/mol. The van der Waals surface area contributed by atoms with E-state index in [0.29, 0.717) is 11.5 Å². The van der Waals surface area contributed by atoms with Crippen LogP contribution in [0.3, 0.4) is 0 Å². The smallest absolute Gasteiger partial charge is 0.0480 e. The van der Waals surface area contributed by atoms with Crippen LogP contribution in [0.5, 0.6) is 0 Å². The Kier molecular flexibility index (Phi) is 9.85. The highest BCUT2D eigenvalue weighted by atomic mass is 16.5. The van der Waals surface area contributed by atoms with Crippen LogP contribution in [-0.4, -0.2) is 25.8 Å². The van der Waals surface area contributed by atoms with Crippen LogP contribution in [0.15, 0.2) is 0 Å². The van der Waals surface area contributed by atoms with Crippen LogP contribution < -0.4 is 5.32 Å². The standard InChI is InChI=1S/C15H33NO/c1-6-12-17-13-10-14(16-7-2)9-8-11-15(3,4)5/h14,16H,6-13H2,1-5H3. The van der Waals surface area contributed by atoms with E-state index in [4.69, 9.17) is 4.74 Å². The molecule has 1 atom stereocenters. The average molecular weight is 243 g/mol. The highest BCUT2D eigenvalue weighted by Gasteiger charge is 2.12. The van der Waals surface area contributed by atoms with Crippen molar-refractivity contribution in [3.05, 3.63) is 0 Å². The minimum absolute atomic E-state index is 0.468. The first-order chi connectivity index (χ1) is 7.99. The molecule has 0 aromatic rings. The molecule has 17 heavy (non-hydrogen) atoms. The van der Waals surface area contributed by atoms with Crippen molar-refractivity contribution in [3.63, 3.8) is 0 Å². The zero-order valence-electron chi connectivity index (χ0n) is 12.6. The summed E-state index contributed by atoms with van der Waals surface area (Å²) < 4.78 is 5.57. The zero-order chi connectivity index (χ0) is 13.1. The summed E-state index contributed by atoms with van der Waals surface area (Å²) in [5.74, 6) is 0. The van der Waals surface area contributed by atoms with Crippen molar-refractivity contribution in [2.75, 3.05) is 19.8 Å². The largest absolute Gasteiger partial charge is 0.381 e. The van der Waals surface area contributed by atoms with Crippen molar-refractivity contribution in [2.45, 2.75) is 72.8 Å². The minimum atomic E-state index is 0.468. The highest BCUT2D eigenvalue weighted by Crippen LogP contribution is 2.22. The lowest BCUT2D eigenvalue weighted by molar-refractivity contribution is 0.123. The first-order valence-corrected chi connectivity index (χ1v) is 7.30. The maximum absolute atomic E-state index is 5.57. The molecule has 0 rings (SSSR count). The van der Waals surface area contributed by atoms with Crippen molar-refractivity contribution in [2.24, 2.45) is 5.41 Å². The van der Waals surface area contributed by atoms with Crippen molar-refractivity contribution in [1.82, 2.24) is 5.32 Å². The van der Waals surface area contributed by atoms with Gasteiger partial charge < -0.3 is 10.1 Å². The predicted molar refractivity (Wildman–Crippen MR) is 76.5 cm³/mol. The maximum Gasteiger partial charge on any atom is 0.0480 e. The third-order valence-corrected chi connectivity index (χ3v) is 2.93. The van der Waals surface area contributed by atoms with E-state index in [-0.39, 0.29) is 0 Å². The summed E-state index contributed by atoms with van der Waals surface area (Å²) in [4.78, 5) is 0. The Balaban J connectivity index is 3.66. The zero-order valence-corrected chi connectivity index (χ0v) is 12.6. The lowest BCUT2D eigenvalue weighted by Crippen LogP contribution is -2.30. The van der Waals surface area contributed by atoms with Crippen LogP contribution in [0, 0.1) is 5.41 Å². The number of hydrogen-bond acceptors (Lipinski definition) is 2. The Morgan fingerprint density at radius 3 is 2.29 bits per heavy atom. The Bertz CT molecular complexity index is 163. The molecule has 2 heteroatoms. The molecule has 1 unspecified atom stereocenters. The van der Waals surface area contributed by atoms with Gasteiger partial charge in [0.25, 0.3) is 0 Å². The molecule has 0 aliphatic rings. The van der Waals surface area contributed by atoms with E-state index in [0.717, 1.165) is 32.6 Å². The van der Waals surface area contributed by atoms with Crippen LogP contribution in [0.2, 0.25) is 0 Å². The van der Waals surface area contributed by atoms with Crippen LogP contribution in [-0.2, 0) is 4.74 Å². The van der Waals surface area contributed by atoms with E-state index in [1.165, 1.54) is 19.3 Å². The van der Waals surface area contributed by atoms with Gasteiger partial charge in [-0.1, -0.05) is 41.0 Å². The molecule has 0 aliphatic heterocycles. The lowest BCUT2D eigenvalue weighted by atomic mass is 9.88. The Labute approximate surface area is 109 Å². The van der Waals surface area contributed by atoms with E-state index in [1.54, 1.807) is 0 Å². The molecule has 104 valence electrons. The first-order valence-electron chi connectivity index (χ1n) is 7.30. The van der Waals surface area contributed by atoms with Crippen LogP contribution in [0.1, 0.15) is 66.7 Å². The lowest BCUT2D eigenvalue weighted by Gasteiger charge is -2.22. The number of rotatable bonds is 10. The van der Waals surface area contributed by atoms with Crippen LogP contribution in [0.25, 0.3) is 0 Å². The van der Waals surface area contributed by atoms with Gasteiger partial charge in [-0.2, -0.15) is 0 Å². The molecule has 0 saturated carbocycles. The fourth-order valence-electron chi connectivity index (χ4n) is 1.99. The SMILES string of the molecule is CCCOCCC(CCCC(C)(C)C)NCC. The monoisotopic (exact) mass is 243 g/mol. The van der Waals surface area contributed by atoms with Gasteiger partial charge in [0.15, 0.2) is 0 Å². The Hall–Kier alpha value is -0.0800. The molecule has 0 fully saturated rings. The number of ether oxygens (including phenoxy) is 1. The van der Waals surface area contributed by atoms with Gasteiger partial charge in [0, 0.05) is 19.3 Å². The van der Waals surface area contributed by atoms with Gasteiger partial charge in [-0.15, -0.1) is 0 Å². The van der Waals surface area contributed by atoms with E-state index < -0.39 is 0 Å². The third-order valence-electron chi connectivity index (χ3n) is 2.93. The second kappa shape index (κ2) is 9.90. The van der Waals surface area contributed by atoms with Gasteiger partial charge in [-0.3, -0.25) is 0 Å². The summed E-state index contributed by atoms with van der Waals surface area (Å²) in [5.41, 5.74) is 0.468. The molecule has 0 aromatic heterocycles. The Morgan fingerprint density at radius 2 is 1.76 bits per heavy atom. The van der Waals surface area contributed by atoms with Crippen molar-refractivity contribution in [1.29, 1.82) is 0 Å². The third kappa shape index (κ3) is 12.2. The average Bonchev–Trinajstić information content (AvgIpc) is 2.22. The fraction of sp³-hybridized carbons (Fsp3) is 1.00. The molecule has 0 spiro atoms. The summed E-state index contributed by atoms with van der Waals surface area (Å²) in [5, 5.41) is 3.57. The van der Waals surface area contributed by atoms with Crippen molar-refractivity contribution >= 4 is 0 Å². The van der Waals surface area contributed by atoms with Gasteiger partial charge in [0.1, 0.15) is 0 Å². The molecule has 0 radical (unpaired) electrons. The summed E-state index contributed by atoms with van der Waals surface area (Å²) in [6.07, 6.45) is 6.17. The second-order valence-corrected chi connectivity index (χ2v) is 6.11. The van der Waals surface area contributed by atoms with Gasteiger partial charge in [0.05, 0.1) is 0 Å². The summed E-state index contributed by atoms with van der Waals surface area (Å²) in [6, 6.07) is 0.638. The first kappa shape index (κ1) is 16.9. The molecule has 0 amide bonds. The molecule has 0 saturated heterocycles. The van der Waals surface area contributed by atoms with E-state index in [2.05, 4.69) is 39.9 Å². The molecule has 1 N–H and O–H groups in total. The van der Waals surface area contributed by atoms with E-state index >= 15 is 0 Å². The van der Waals surface area contributed by atoms with E-state index in [1.807, 2.05) is 0 Å². The molecule has 0 heterocycles.